The molecule has 1 aliphatic heterocycles. The number of aryl methyl sites for hydroxylation is 1. The maximum atomic E-state index is 2.54. The summed E-state index contributed by atoms with van der Waals surface area (Å²) in [5.74, 6) is 0. The van der Waals surface area contributed by atoms with Crippen LogP contribution in [0.5, 0.6) is 0 Å². The fourth-order valence-electron chi connectivity index (χ4n) is 3.95. The molecule has 0 N–H and O–H groups in total. The Morgan fingerprint density at radius 2 is 1.24 bits per heavy atom. The maximum absolute atomic E-state index is 2.54. The van der Waals surface area contributed by atoms with E-state index >= 15 is 0 Å². The molecular formula is C24H25Bi. The zero-order chi connectivity index (χ0) is 17.8. The van der Waals surface area contributed by atoms with Crippen molar-refractivity contribution >= 4 is 31.6 Å². The second-order valence-electron chi connectivity index (χ2n) is 8.05. The van der Waals surface area contributed by atoms with Gasteiger partial charge in [0.1, 0.15) is 0 Å². The van der Waals surface area contributed by atoms with Crippen LogP contribution in [0, 0.1) is 13.8 Å². The summed E-state index contributed by atoms with van der Waals surface area (Å²) < 4.78 is 4.91. The Kier molecular flexibility index (Phi) is 4.12. The first-order chi connectivity index (χ1) is 11.9. The summed E-state index contributed by atoms with van der Waals surface area (Å²) >= 11 is -2.19. The van der Waals surface area contributed by atoms with Gasteiger partial charge in [-0.15, -0.1) is 0 Å². The van der Waals surface area contributed by atoms with Crippen LogP contribution in [0.4, 0.5) is 0 Å². The summed E-state index contributed by atoms with van der Waals surface area (Å²) in [6, 6.07) is 23.2. The SMILES string of the molecule is Cc1c[c]([Bi]2[c]3ccccc3-c3cccc[c]32)cc(C(C)(C)C)c1C. The van der Waals surface area contributed by atoms with Gasteiger partial charge >= 0.3 is 160 Å². The molecule has 0 radical (unpaired) electrons. The first-order valence-corrected chi connectivity index (χ1v) is 14.2. The van der Waals surface area contributed by atoms with Crippen LogP contribution >= 0.6 is 0 Å². The van der Waals surface area contributed by atoms with Crippen LogP contribution in [-0.4, -0.2) is 21.8 Å². The molecule has 126 valence electrons. The standard InChI is InChI=1S/C12H8.C12H17.Bi/c1-3-7-11(8-4-1)12-9-5-2-6-10-12;1-9-7-6-8-11(10(9)2)12(3,4)5;/h1-7,9H;7-8H,1-5H3;. The molecule has 0 aliphatic carbocycles. The van der Waals surface area contributed by atoms with Crippen molar-refractivity contribution in [3.05, 3.63) is 77.4 Å². The topological polar surface area (TPSA) is 0 Å². The average Bonchev–Trinajstić information content (AvgIpc) is 2.91. The molecule has 1 aliphatic rings. The molecule has 4 rings (SSSR count). The van der Waals surface area contributed by atoms with Crippen LogP contribution in [0.2, 0.25) is 0 Å². The van der Waals surface area contributed by atoms with Gasteiger partial charge in [-0.3, -0.25) is 0 Å². The van der Waals surface area contributed by atoms with Gasteiger partial charge in [-0.25, -0.2) is 0 Å². The third-order valence-electron chi connectivity index (χ3n) is 5.30. The second-order valence-corrected chi connectivity index (χ2v) is 16.4. The number of benzene rings is 3. The van der Waals surface area contributed by atoms with Crippen LogP contribution in [-0.2, 0) is 5.41 Å². The van der Waals surface area contributed by atoms with E-state index in [2.05, 4.69) is 95.3 Å². The van der Waals surface area contributed by atoms with Crippen LogP contribution in [0.1, 0.15) is 37.5 Å². The summed E-state index contributed by atoms with van der Waals surface area (Å²) in [6.07, 6.45) is 0. The molecular weight excluding hydrogens is 497 g/mol. The van der Waals surface area contributed by atoms with Gasteiger partial charge in [0.25, 0.3) is 0 Å². The van der Waals surface area contributed by atoms with Crippen molar-refractivity contribution < 1.29 is 0 Å². The summed E-state index contributed by atoms with van der Waals surface area (Å²) in [5.41, 5.74) is 7.56. The Hall–Kier alpha value is -1.46. The van der Waals surface area contributed by atoms with E-state index < -0.39 is 21.8 Å². The molecule has 0 amide bonds. The van der Waals surface area contributed by atoms with Gasteiger partial charge in [0.2, 0.25) is 0 Å². The zero-order valence-electron chi connectivity index (χ0n) is 15.7. The third-order valence-corrected chi connectivity index (χ3v) is 15.1. The minimum atomic E-state index is -2.19. The third kappa shape index (κ3) is 2.78. The molecule has 1 heteroatoms. The van der Waals surface area contributed by atoms with Crippen molar-refractivity contribution in [1.82, 2.24) is 0 Å². The predicted octanol–water partition coefficient (Wildman–Crippen LogP) is 4.10. The van der Waals surface area contributed by atoms with Crippen molar-refractivity contribution in [3.63, 3.8) is 0 Å². The summed E-state index contributed by atoms with van der Waals surface area (Å²) in [6.45, 7) is 11.6. The molecule has 1 heterocycles. The molecule has 25 heavy (non-hydrogen) atoms. The predicted molar refractivity (Wildman–Crippen MR) is 111 cm³/mol. The van der Waals surface area contributed by atoms with E-state index in [1.807, 2.05) is 0 Å². The van der Waals surface area contributed by atoms with Gasteiger partial charge < -0.3 is 0 Å². The molecule has 0 fully saturated rings. The quantitative estimate of drug-likeness (QED) is 0.331. The van der Waals surface area contributed by atoms with E-state index in [1.165, 1.54) is 27.8 Å². The Bertz CT molecular complexity index is 915. The summed E-state index contributed by atoms with van der Waals surface area (Å²) in [7, 11) is 0. The van der Waals surface area contributed by atoms with Gasteiger partial charge in [0, 0.05) is 0 Å². The van der Waals surface area contributed by atoms with Crippen molar-refractivity contribution in [2.75, 3.05) is 0 Å². The Morgan fingerprint density at radius 1 is 0.720 bits per heavy atom. The molecule has 0 saturated heterocycles. The van der Waals surface area contributed by atoms with Crippen LogP contribution in [0.15, 0.2) is 60.7 Å². The molecule has 0 nitrogen and oxygen atoms in total. The number of hydrogen-bond donors (Lipinski definition) is 0. The minimum absolute atomic E-state index is 0.188. The molecule has 0 aromatic heterocycles. The van der Waals surface area contributed by atoms with Gasteiger partial charge in [-0.2, -0.15) is 0 Å². The first-order valence-electron chi connectivity index (χ1n) is 8.98. The number of rotatable bonds is 1. The molecule has 0 unspecified atom stereocenters. The Morgan fingerprint density at radius 3 is 1.76 bits per heavy atom. The van der Waals surface area contributed by atoms with Crippen LogP contribution < -0.4 is 9.81 Å². The van der Waals surface area contributed by atoms with Crippen molar-refractivity contribution in [3.8, 4) is 11.1 Å². The van der Waals surface area contributed by atoms with Crippen LogP contribution in [0.25, 0.3) is 11.1 Å². The van der Waals surface area contributed by atoms with Crippen molar-refractivity contribution in [2.45, 2.75) is 40.0 Å². The first kappa shape index (κ1) is 17.0. The summed E-state index contributed by atoms with van der Waals surface area (Å²) in [4.78, 5) is 0. The van der Waals surface area contributed by atoms with Gasteiger partial charge in [-0.05, 0) is 0 Å². The molecule has 3 aromatic rings. The van der Waals surface area contributed by atoms with E-state index in [4.69, 9.17) is 0 Å². The van der Waals surface area contributed by atoms with Crippen LogP contribution in [0.3, 0.4) is 0 Å². The molecule has 0 spiro atoms. The van der Waals surface area contributed by atoms with Gasteiger partial charge in [0.15, 0.2) is 0 Å². The normalized spacial score (nSPS) is 13.6. The van der Waals surface area contributed by atoms with E-state index in [0.717, 1.165) is 0 Å². The fraction of sp³-hybridized carbons (Fsp3) is 0.250. The summed E-state index contributed by atoms with van der Waals surface area (Å²) in [5, 5.41) is 0. The second kappa shape index (κ2) is 6.06. The van der Waals surface area contributed by atoms with E-state index in [9.17, 15) is 0 Å². The molecule has 3 aromatic carbocycles. The van der Waals surface area contributed by atoms with E-state index in [1.54, 1.807) is 9.81 Å². The van der Waals surface area contributed by atoms with Crippen molar-refractivity contribution in [1.29, 1.82) is 0 Å². The number of hydrogen-bond acceptors (Lipinski definition) is 0. The van der Waals surface area contributed by atoms with E-state index in [-0.39, 0.29) is 5.41 Å². The molecule has 0 atom stereocenters. The van der Waals surface area contributed by atoms with Gasteiger partial charge in [-0.1, -0.05) is 0 Å². The fourth-order valence-corrected chi connectivity index (χ4v) is 14.6. The number of fused-ring (bicyclic) bond motifs is 3. The van der Waals surface area contributed by atoms with Crippen molar-refractivity contribution in [2.24, 2.45) is 0 Å². The Labute approximate surface area is 159 Å². The van der Waals surface area contributed by atoms with E-state index in [0.29, 0.717) is 0 Å². The monoisotopic (exact) mass is 522 g/mol. The zero-order valence-corrected chi connectivity index (χ0v) is 19.2. The molecule has 0 saturated carbocycles. The average molecular weight is 522 g/mol. The van der Waals surface area contributed by atoms with Gasteiger partial charge in [0.05, 0.1) is 0 Å². The Balaban J connectivity index is 1.98. The molecule has 0 bridgehead atoms.